The van der Waals surface area contributed by atoms with Crippen LogP contribution in [0.15, 0.2) is 55.1 Å². The van der Waals surface area contributed by atoms with E-state index in [1.54, 1.807) is 36.4 Å². The molecule has 27 heavy (non-hydrogen) atoms. The topological polar surface area (TPSA) is 60.2 Å². The van der Waals surface area contributed by atoms with E-state index in [0.29, 0.717) is 16.5 Å². The lowest BCUT2D eigenvalue weighted by atomic mass is 9.89. The average Bonchev–Trinajstić information content (AvgIpc) is 3.09. The summed E-state index contributed by atoms with van der Waals surface area (Å²) < 4.78 is 21.3. The van der Waals surface area contributed by atoms with Crippen molar-refractivity contribution in [3.63, 3.8) is 0 Å². The van der Waals surface area contributed by atoms with E-state index < -0.39 is 11.8 Å². The van der Waals surface area contributed by atoms with E-state index in [9.17, 15) is 9.50 Å². The highest BCUT2D eigenvalue weighted by Crippen LogP contribution is 2.37. The SMILES string of the molecule is C[C@H](F)C(O)(Cn1cncn1)c1ccc(Oc2ccc(Cl)cc2)cc1Cl.Cl. The highest BCUT2D eigenvalue weighted by atomic mass is 35.5. The molecule has 1 unspecified atom stereocenters. The maximum atomic E-state index is 14.3. The lowest BCUT2D eigenvalue weighted by molar-refractivity contribution is -0.0498. The van der Waals surface area contributed by atoms with Crippen molar-refractivity contribution in [3.8, 4) is 11.5 Å². The molecule has 0 bridgehead atoms. The second kappa shape index (κ2) is 8.89. The Hall–Kier alpha value is -1.86. The number of nitrogens with zero attached hydrogens (tertiary/aromatic N) is 3. The third-order valence-electron chi connectivity index (χ3n) is 3.98. The molecule has 0 aliphatic carbocycles. The fourth-order valence-corrected chi connectivity index (χ4v) is 3.00. The summed E-state index contributed by atoms with van der Waals surface area (Å²) in [5.74, 6) is 1.03. The fourth-order valence-electron chi connectivity index (χ4n) is 2.54. The Morgan fingerprint density at radius 3 is 2.41 bits per heavy atom. The summed E-state index contributed by atoms with van der Waals surface area (Å²) in [5, 5.41) is 15.6. The van der Waals surface area contributed by atoms with Crippen LogP contribution in [0.25, 0.3) is 0 Å². The molecule has 0 saturated heterocycles. The number of hydrogen-bond donors (Lipinski definition) is 1. The smallest absolute Gasteiger partial charge is 0.141 e. The predicted molar refractivity (Wildman–Crippen MR) is 105 cm³/mol. The van der Waals surface area contributed by atoms with Crippen LogP contribution in [0.3, 0.4) is 0 Å². The molecule has 0 aliphatic heterocycles. The number of alkyl halides is 1. The van der Waals surface area contributed by atoms with E-state index in [1.165, 1.54) is 30.3 Å². The first-order valence-electron chi connectivity index (χ1n) is 7.81. The maximum Gasteiger partial charge on any atom is 0.141 e. The van der Waals surface area contributed by atoms with Crippen molar-refractivity contribution in [2.75, 3.05) is 0 Å². The van der Waals surface area contributed by atoms with Crippen LogP contribution in [0.5, 0.6) is 11.5 Å². The molecule has 0 fully saturated rings. The first-order valence-corrected chi connectivity index (χ1v) is 8.56. The third-order valence-corrected chi connectivity index (χ3v) is 4.55. The van der Waals surface area contributed by atoms with Gasteiger partial charge in [-0.05, 0) is 43.3 Å². The monoisotopic (exact) mass is 431 g/mol. The Balaban J connectivity index is 0.00000261. The zero-order chi connectivity index (χ0) is 18.7. The minimum Gasteiger partial charge on any atom is -0.457 e. The molecular formula is C18H17Cl3FN3O2. The van der Waals surface area contributed by atoms with Crippen molar-refractivity contribution in [3.05, 3.63) is 70.7 Å². The van der Waals surface area contributed by atoms with Crippen LogP contribution in [0.4, 0.5) is 4.39 Å². The van der Waals surface area contributed by atoms with Crippen LogP contribution < -0.4 is 4.74 Å². The highest BCUT2D eigenvalue weighted by Gasteiger charge is 2.39. The summed E-state index contributed by atoms with van der Waals surface area (Å²) in [6.07, 6.45) is 1.13. The molecule has 0 radical (unpaired) electrons. The van der Waals surface area contributed by atoms with Gasteiger partial charge in [0.15, 0.2) is 0 Å². The first-order chi connectivity index (χ1) is 12.4. The van der Waals surface area contributed by atoms with Gasteiger partial charge in [-0.2, -0.15) is 5.10 Å². The van der Waals surface area contributed by atoms with Gasteiger partial charge in [0.05, 0.1) is 11.6 Å². The molecule has 144 valence electrons. The predicted octanol–water partition coefficient (Wildman–Crippen LogP) is 5.04. The van der Waals surface area contributed by atoms with Gasteiger partial charge in [0.1, 0.15) is 35.9 Å². The zero-order valence-corrected chi connectivity index (χ0v) is 16.5. The van der Waals surface area contributed by atoms with Gasteiger partial charge in [-0.25, -0.2) is 14.1 Å². The summed E-state index contributed by atoms with van der Waals surface area (Å²) in [7, 11) is 0. The van der Waals surface area contributed by atoms with Gasteiger partial charge in [0.25, 0.3) is 0 Å². The van der Waals surface area contributed by atoms with Crippen molar-refractivity contribution in [2.24, 2.45) is 0 Å². The van der Waals surface area contributed by atoms with Crippen molar-refractivity contribution >= 4 is 35.6 Å². The van der Waals surface area contributed by atoms with Gasteiger partial charge in [-0.3, -0.25) is 0 Å². The lowest BCUT2D eigenvalue weighted by Gasteiger charge is -2.31. The molecule has 0 amide bonds. The number of rotatable bonds is 6. The van der Waals surface area contributed by atoms with Crippen LogP contribution in [-0.4, -0.2) is 26.0 Å². The molecule has 5 nitrogen and oxygen atoms in total. The standard InChI is InChI=1S/C18H16Cl2FN3O2.ClH/c1-12(21)18(25,9-24-11-22-10-23-24)16-7-6-15(8-17(16)20)26-14-4-2-13(19)3-5-14;/h2-8,10-12,25H,9H2,1H3;1H/t12-,18?;/m0./s1. The van der Waals surface area contributed by atoms with E-state index in [4.69, 9.17) is 27.9 Å². The van der Waals surface area contributed by atoms with Gasteiger partial charge >= 0.3 is 0 Å². The van der Waals surface area contributed by atoms with Crippen LogP contribution >= 0.6 is 35.6 Å². The number of hydrogen-bond acceptors (Lipinski definition) is 4. The maximum absolute atomic E-state index is 14.3. The molecule has 1 aromatic heterocycles. The molecule has 0 aliphatic rings. The van der Waals surface area contributed by atoms with Crippen LogP contribution in [0.1, 0.15) is 12.5 Å². The second-order valence-electron chi connectivity index (χ2n) is 5.83. The molecule has 2 atom stereocenters. The summed E-state index contributed by atoms with van der Waals surface area (Å²) in [6.45, 7) is 1.15. The molecule has 0 spiro atoms. The molecule has 2 aromatic carbocycles. The van der Waals surface area contributed by atoms with Crippen molar-refractivity contribution < 1.29 is 14.2 Å². The van der Waals surface area contributed by atoms with Crippen molar-refractivity contribution in [2.45, 2.75) is 25.2 Å². The summed E-state index contributed by atoms with van der Waals surface area (Å²) >= 11 is 12.2. The second-order valence-corrected chi connectivity index (χ2v) is 6.67. The Bertz CT molecular complexity index is 876. The molecule has 0 saturated carbocycles. The van der Waals surface area contributed by atoms with Crippen LogP contribution in [0.2, 0.25) is 10.0 Å². The van der Waals surface area contributed by atoms with Gasteiger partial charge in [-0.15, -0.1) is 12.4 Å². The first kappa shape index (κ1) is 21.4. The van der Waals surface area contributed by atoms with Gasteiger partial charge in [-0.1, -0.05) is 29.3 Å². The van der Waals surface area contributed by atoms with Crippen molar-refractivity contribution in [1.29, 1.82) is 0 Å². The Morgan fingerprint density at radius 1 is 1.19 bits per heavy atom. The van der Waals surface area contributed by atoms with E-state index in [-0.39, 0.29) is 29.5 Å². The van der Waals surface area contributed by atoms with E-state index in [0.717, 1.165) is 0 Å². The zero-order valence-electron chi connectivity index (χ0n) is 14.2. The molecule has 3 rings (SSSR count). The third kappa shape index (κ3) is 4.90. The largest absolute Gasteiger partial charge is 0.457 e. The van der Waals surface area contributed by atoms with Gasteiger partial charge < -0.3 is 9.84 Å². The van der Waals surface area contributed by atoms with E-state index >= 15 is 0 Å². The normalized spacial score (nSPS) is 14.1. The summed E-state index contributed by atoms with van der Waals surface area (Å²) in [6, 6.07) is 11.5. The van der Waals surface area contributed by atoms with Gasteiger partial charge in [0.2, 0.25) is 0 Å². The van der Waals surface area contributed by atoms with Gasteiger partial charge in [0, 0.05) is 10.6 Å². The Labute approximate surface area is 172 Å². The molecule has 1 N–H and O–H groups in total. The quantitative estimate of drug-likeness (QED) is 0.592. The molecule has 1 heterocycles. The minimum absolute atomic E-state index is 0. The lowest BCUT2D eigenvalue weighted by Crippen LogP contribution is -2.40. The number of halogens is 4. The average molecular weight is 433 g/mol. The fraction of sp³-hybridized carbons (Fsp3) is 0.222. The number of aromatic nitrogens is 3. The summed E-state index contributed by atoms with van der Waals surface area (Å²) in [4.78, 5) is 3.80. The van der Waals surface area contributed by atoms with Crippen LogP contribution in [-0.2, 0) is 12.1 Å². The van der Waals surface area contributed by atoms with Crippen LogP contribution in [0, 0.1) is 0 Å². The molecular weight excluding hydrogens is 416 g/mol. The minimum atomic E-state index is -1.86. The number of aliphatic hydroxyl groups is 1. The Morgan fingerprint density at radius 2 is 1.85 bits per heavy atom. The Kier molecular flexibility index (Phi) is 7.06. The molecule has 3 aromatic rings. The van der Waals surface area contributed by atoms with Crippen molar-refractivity contribution in [1.82, 2.24) is 14.8 Å². The number of benzene rings is 2. The molecule has 9 heteroatoms. The number of ether oxygens (including phenoxy) is 1. The summed E-state index contributed by atoms with van der Waals surface area (Å²) in [5.41, 5.74) is -1.61. The van der Waals surface area contributed by atoms with E-state index in [2.05, 4.69) is 10.1 Å². The highest BCUT2D eigenvalue weighted by molar-refractivity contribution is 6.31. The van der Waals surface area contributed by atoms with E-state index in [1.807, 2.05) is 0 Å².